The molecule has 8 nitrogen and oxygen atoms in total. The van der Waals surface area contributed by atoms with E-state index < -0.39 is 17.1 Å². The Bertz CT molecular complexity index is 1350. The summed E-state index contributed by atoms with van der Waals surface area (Å²) in [5, 5.41) is 4.44. The second-order valence-corrected chi connectivity index (χ2v) is 5.94. The molecule has 2 heterocycles. The Morgan fingerprint density at radius 2 is 1.75 bits per heavy atom. The van der Waals surface area contributed by atoms with Crippen LogP contribution < -0.4 is 20.7 Å². The fourth-order valence-electron chi connectivity index (χ4n) is 2.97. The van der Waals surface area contributed by atoms with Gasteiger partial charge in [0, 0.05) is 17.0 Å². The van der Waals surface area contributed by atoms with Gasteiger partial charge in [0.1, 0.15) is 11.3 Å². The number of aromatic nitrogens is 3. The van der Waals surface area contributed by atoms with Gasteiger partial charge in [0.05, 0.1) is 31.5 Å². The molecule has 28 heavy (non-hydrogen) atoms. The molecule has 0 spiro atoms. The maximum Gasteiger partial charge on any atom is 0.350 e. The SMILES string of the molecule is COc1cc2[nH]c3c(=O)n(/N=C/c4ccccc4F)c(=O)[nH]c3c2cc1OC. The van der Waals surface area contributed by atoms with E-state index in [0.717, 1.165) is 6.21 Å². The van der Waals surface area contributed by atoms with Gasteiger partial charge in [-0.2, -0.15) is 5.10 Å². The quantitative estimate of drug-likeness (QED) is 0.529. The van der Waals surface area contributed by atoms with Crippen LogP contribution in [0.1, 0.15) is 5.56 Å². The average Bonchev–Trinajstić information content (AvgIpc) is 3.05. The summed E-state index contributed by atoms with van der Waals surface area (Å²) in [7, 11) is 2.99. The van der Waals surface area contributed by atoms with Crippen molar-refractivity contribution >= 4 is 28.2 Å². The van der Waals surface area contributed by atoms with Crippen molar-refractivity contribution in [3.63, 3.8) is 0 Å². The van der Waals surface area contributed by atoms with Gasteiger partial charge >= 0.3 is 11.2 Å². The maximum atomic E-state index is 13.7. The Kier molecular flexibility index (Phi) is 4.19. The third-order valence-electron chi connectivity index (χ3n) is 4.35. The molecule has 0 aliphatic carbocycles. The van der Waals surface area contributed by atoms with Crippen LogP contribution in [0.5, 0.6) is 11.5 Å². The number of nitrogens with zero attached hydrogens (tertiary/aromatic N) is 2. The van der Waals surface area contributed by atoms with Crippen molar-refractivity contribution in [3.8, 4) is 11.5 Å². The maximum absolute atomic E-state index is 13.7. The number of methoxy groups -OCH3 is 2. The number of hydrogen-bond acceptors (Lipinski definition) is 5. The van der Waals surface area contributed by atoms with E-state index in [1.165, 1.54) is 32.4 Å². The summed E-state index contributed by atoms with van der Waals surface area (Å²) in [5.41, 5.74) is -0.212. The third-order valence-corrected chi connectivity index (χ3v) is 4.35. The van der Waals surface area contributed by atoms with E-state index in [9.17, 15) is 14.0 Å². The molecular weight excluding hydrogens is 367 g/mol. The van der Waals surface area contributed by atoms with Crippen molar-refractivity contribution in [2.24, 2.45) is 5.10 Å². The van der Waals surface area contributed by atoms with E-state index in [4.69, 9.17) is 9.47 Å². The molecule has 0 aliphatic rings. The first-order chi connectivity index (χ1) is 13.5. The van der Waals surface area contributed by atoms with Gasteiger partial charge in [-0.1, -0.05) is 18.2 Å². The Morgan fingerprint density at radius 1 is 1.04 bits per heavy atom. The summed E-state index contributed by atoms with van der Waals surface area (Å²) >= 11 is 0. The van der Waals surface area contributed by atoms with E-state index in [0.29, 0.717) is 32.6 Å². The lowest BCUT2D eigenvalue weighted by molar-refractivity contribution is 0.356. The molecule has 0 unspecified atom stereocenters. The highest BCUT2D eigenvalue weighted by Gasteiger charge is 2.15. The minimum Gasteiger partial charge on any atom is -0.493 e. The minimum absolute atomic E-state index is 0.149. The molecule has 2 N–H and O–H groups in total. The molecule has 0 saturated carbocycles. The number of nitrogens with one attached hydrogen (secondary N) is 2. The summed E-state index contributed by atoms with van der Waals surface area (Å²) in [5.74, 6) is 0.418. The number of ether oxygens (including phenoxy) is 2. The first-order valence-electron chi connectivity index (χ1n) is 8.25. The molecule has 142 valence electrons. The Balaban J connectivity index is 1.93. The third kappa shape index (κ3) is 2.73. The molecule has 0 fully saturated rings. The van der Waals surface area contributed by atoms with Crippen LogP contribution in [-0.4, -0.2) is 35.1 Å². The van der Waals surface area contributed by atoms with E-state index >= 15 is 0 Å². The molecular formula is C19H15FN4O4. The summed E-state index contributed by atoms with van der Waals surface area (Å²) in [6.07, 6.45) is 1.12. The molecule has 0 bridgehead atoms. The predicted octanol–water partition coefficient (Wildman–Crippen LogP) is 2.21. The van der Waals surface area contributed by atoms with Gasteiger partial charge < -0.3 is 19.4 Å². The second kappa shape index (κ2) is 6.69. The molecule has 0 amide bonds. The highest BCUT2D eigenvalue weighted by Crippen LogP contribution is 2.34. The Hall–Kier alpha value is -3.88. The molecule has 0 radical (unpaired) electrons. The van der Waals surface area contributed by atoms with Crippen molar-refractivity contribution in [1.82, 2.24) is 14.6 Å². The number of halogens is 1. The van der Waals surface area contributed by atoms with E-state index in [1.54, 1.807) is 18.2 Å². The number of rotatable bonds is 4. The van der Waals surface area contributed by atoms with Crippen molar-refractivity contribution < 1.29 is 13.9 Å². The van der Waals surface area contributed by atoms with Crippen molar-refractivity contribution in [1.29, 1.82) is 0 Å². The van der Waals surface area contributed by atoms with E-state index in [-0.39, 0.29) is 11.1 Å². The van der Waals surface area contributed by atoms with Crippen molar-refractivity contribution in [2.45, 2.75) is 0 Å². The molecule has 4 rings (SSSR count). The number of aromatic amines is 2. The van der Waals surface area contributed by atoms with Gasteiger partial charge in [-0.3, -0.25) is 4.79 Å². The molecule has 0 saturated heterocycles. The lowest BCUT2D eigenvalue weighted by Gasteiger charge is -2.06. The summed E-state index contributed by atoms with van der Waals surface area (Å²) in [4.78, 5) is 30.8. The first-order valence-corrected chi connectivity index (χ1v) is 8.25. The number of benzene rings is 2. The highest BCUT2D eigenvalue weighted by molar-refractivity contribution is 6.05. The van der Waals surface area contributed by atoms with E-state index in [1.807, 2.05) is 0 Å². The minimum atomic E-state index is -0.749. The summed E-state index contributed by atoms with van der Waals surface area (Å²) in [6.45, 7) is 0. The van der Waals surface area contributed by atoms with Gasteiger partial charge in [0.2, 0.25) is 0 Å². The summed E-state index contributed by atoms with van der Waals surface area (Å²) < 4.78 is 24.9. The van der Waals surface area contributed by atoms with Gasteiger partial charge in [0.15, 0.2) is 11.5 Å². The topological polar surface area (TPSA) is 101 Å². The van der Waals surface area contributed by atoms with Gasteiger partial charge in [-0.05, 0) is 12.1 Å². The van der Waals surface area contributed by atoms with Crippen LogP contribution in [0.3, 0.4) is 0 Å². The smallest absolute Gasteiger partial charge is 0.350 e. The van der Waals surface area contributed by atoms with Crippen molar-refractivity contribution in [3.05, 3.63) is 68.6 Å². The van der Waals surface area contributed by atoms with E-state index in [2.05, 4.69) is 15.1 Å². The first kappa shape index (κ1) is 17.5. The summed E-state index contributed by atoms with van der Waals surface area (Å²) in [6, 6.07) is 9.23. The van der Waals surface area contributed by atoms with Crippen LogP contribution in [0.4, 0.5) is 4.39 Å². The van der Waals surface area contributed by atoms with Gasteiger partial charge in [-0.25, -0.2) is 9.18 Å². The van der Waals surface area contributed by atoms with Crippen LogP contribution in [0, 0.1) is 5.82 Å². The second-order valence-electron chi connectivity index (χ2n) is 5.94. The number of hydrogen-bond donors (Lipinski definition) is 2. The van der Waals surface area contributed by atoms with Crippen LogP contribution in [0.25, 0.3) is 21.9 Å². The zero-order valence-electron chi connectivity index (χ0n) is 14.9. The predicted molar refractivity (Wildman–Crippen MR) is 103 cm³/mol. The largest absolute Gasteiger partial charge is 0.493 e. The fraction of sp³-hybridized carbons (Fsp3) is 0.105. The fourth-order valence-corrected chi connectivity index (χ4v) is 2.97. The normalized spacial score (nSPS) is 11.5. The Morgan fingerprint density at radius 3 is 2.46 bits per heavy atom. The molecule has 0 atom stereocenters. The lowest BCUT2D eigenvalue weighted by atomic mass is 10.2. The highest BCUT2D eigenvalue weighted by atomic mass is 19.1. The zero-order chi connectivity index (χ0) is 19.8. The van der Waals surface area contributed by atoms with Crippen LogP contribution in [0.15, 0.2) is 51.1 Å². The molecule has 0 aliphatic heterocycles. The zero-order valence-corrected chi connectivity index (χ0v) is 14.9. The lowest BCUT2D eigenvalue weighted by Crippen LogP contribution is -2.32. The van der Waals surface area contributed by atoms with Crippen LogP contribution >= 0.6 is 0 Å². The monoisotopic (exact) mass is 382 g/mol. The molecule has 2 aromatic carbocycles. The van der Waals surface area contributed by atoms with Gasteiger partial charge in [0.25, 0.3) is 0 Å². The van der Waals surface area contributed by atoms with Crippen LogP contribution in [-0.2, 0) is 0 Å². The Labute approximate surface area is 156 Å². The average molecular weight is 382 g/mol. The van der Waals surface area contributed by atoms with Crippen molar-refractivity contribution in [2.75, 3.05) is 14.2 Å². The number of fused-ring (bicyclic) bond motifs is 3. The molecule has 4 aromatic rings. The number of H-pyrrole nitrogens is 2. The van der Waals surface area contributed by atoms with Crippen LogP contribution in [0.2, 0.25) is 0 Å². The molecule has 9 heteroatoms. The standard InChI is InChI=1S/C19H15FN4O4/c1-27-14-7-11-13(8-15(14)28-2)22-17-16(11)23-19(26)24(18(17)25)21-9-10-5-3-4-6-12(10)20/h3-9,22H,1-2H3,(H,23,26)/b21-9+. The van der Waals surface area contributed by atoms with Gasteiger partial charge in [-0.15, -0.1) is 4.68 Å². The molecule has 2 aromatic heterocycles.